The Morgan fingerprint density at radius 1 is 1.00 bits per heavy atom. The molecular formula is C22H31IN4O2. The van der Waals surface area contributed by atoms with E-state index in [9.17, 15) is 4.79 Å². The van der Waals surface area contributed by atoms with Gasteiger partial charge in [-0.15, -0.1) is 24.0 Å². The first-order valence-corrected chi connectivity index (χ1v) is 9.46. The SMILES string of the molecule is CN=C(NCCNC(=O)c1cccc(C)c1)NCCc1ccc(C)c(OC)c1.I. The van der Waals surface area contributed by atoms with Gasteiger partial charge in [-0.05, 0) is 49.6 Å². The molecule has 1 amide bonds. The van der Waals surface area contributed by atoms with Crippen LogP contribution >= 0.6 is 24.0 Å². The highest BCUT2D eigenvalue weighted by Crippen LogP contribution is 2.18. The summed E-state index contributed by atoms with van der Waals surface area (Å²) in [7, 11) is 3.42. The van der Waals surface area contributed by atoms with Gasteiger partial charge in [0.2, 0.25) is 0 Å². The van der Waals surface area contributed by atoms with E-state index < -0.39 is 0 Å². The number of amides is 1. The minimum atomic E-state index is -0.0678. The zero-order valence-corrected chi connectivity index (χ0v) is 19.9. The minimum Gasteiger partial charge on any atom is -0.496 e. The van der Waals surface area contributed by atoms with Crippen LogP contribution in [-0.2, 0) is 6.42 Å². The number of aryl methyl sites for hydroxylation is 2. The van der Waals surface area contributed by atoms with Crippen LogP contribution in [0, 0.1) is 13.8 Å². The smallest absolute Gasteiger partial charge is 0.251 e. The van der Waals surface area contributed by atoms with E-state index in [2.05, 4.69) is 39.1 Å². The van der Waals surface area contributed by atoms with Crippen molar-refractivity contribution in [1.29, 1.82) is 0 Å². The summed E-state index contributed by atoms with van der Waals surface area (Å²) < 4.78 is 5.37. The van der Waals surface area contributed by atoms with Crippen molar-refractivity contribution < 1.29 is 9.53 Å². The molecule has 0 bridgehead atoms. The van der Waals surface area contributed by atoms with Crippen LogP contribution in [0.15, 0.2) is 47.5 Å². The molecule has 29 heavy (non-hydrogen) atoms. The second kappa shape index (κ2) is 13.0. The fraction of sp³-hybridized carbons (Fsp3) is 0.364. The Morgan fingerprint density at radius 3 is 2.41 bits per heavy atom. The summed E-state index contributed by atoms with van der Waals surface area (Å²) in [6, 6.07) is 13.8. The molecule has 2 aromatic rings. The van der Waals surface area contributed by atoms with E-state index in [4.69, 9.17) is 4.74 Å². The van der Waals surface area contributed by atoms with E-state index in [-0.39, 0.29) is 29.9 Å². The highest BCUT2D eigenvalue weighted by atomic mass is 127. The molecule has 0 aliphatic heterocycles. The number of carbonyl (C=O) groups excluding carboxylic acids is 1. The van der Waals surface area contributed by atoms with Crippen molar-refractivity contribution in [1.82, 2.24) is 16.0 Å². The molecule has 0 fully saturated rings. The summed E-state index contributed by atoms with van der Waals surface area (Å²) in [5.41, 5.74) is 4.08. The zero-order valence-electron chi connectivity index (χ0n) is 17.5. The number of carbonyl (C=O) groups is 1. The number of benzene rings is 2. The Hall–Kier alpha value is -2.29. The van der Waals surface area contributed by atoms with Gasteiger partial charge in [0.25, 0.3) is 5.91 Å². The molecule has 0 radical (unpaired) electrons. The van der Waals surface area contributed by atoms with E-state index in [1.165, 1.54) is 5.56 Å². The standard InChI is InChI=1S/C22H30N4O2.HI/c1-16-6-5-7-19(14-16)21(27)24-12-13-26-22(23-3)25-11-10-18-9-8-17(2)20(15-18)28-4;/h5-9,14-15H,10-13H2,1-4H3,(H,24,27)(H2,23,25,26);1H. The van der Waals surface area contributed by atoms with Gasteiger partial charge >= 0.3 is 0 Å². The van der Waals surface area contributed by atoms with Crippen molar-refractivity contribution in [2.24, 2.45) is 4.99 Å². The van der Waals surface area contributed by atoms with Crippen LogP contribution in [0.4, 0.5) is 0 Å². The molecule has 3 N–H and O–H groups in total. The van der Waals surface area contributed by atoms with Gasteiger partial charge in [-0.3, -0.25) is 9.79 Å². The number of halogens is 1. The molecule has 0 aromatic heterocycles. The molecule has 6 nitrogen and oxygen atoms in total. The molecule has 158 valence electrons. The Bertz CT molecular complexity index is 824. The van der Waals surface area contributed by atoms with E-state index in [0.29, 0.717) is 24.6 Å². The predicted molar refractivity (Wildman–Crippen MR) is 130 cm³/mol. The van der Waals surface area contributed by atoms with Crippen molar-refractivity contribution in [3.05, 3.63) is 64.7 Å². The summed E-state index contributed by atoms with van der Waals surface area (Å²) in [6.07, 6.45) is 0.863. The lowest BCUT2D eigenvalue weighted by Crippen LogP contribution is -2.42. The summed E-state index contributed by atoms with van der Waals surface area (Å²) in [4.78, 5) is 16.3. The van der Waals surface area contributed by atoms with Crippen molar-refractivity contribution in [2.75, 3.05) is 33.8 Å². The minimum absolute atomic E-state index is 0. The fourth-order valence-corrected chi connectivity index (χ4v) is 2.81. The first-order valence-electron chi connectivity index (χ1n) is 9.46. The number of aliphatic imine (C=N–C) groups is 1. The number of hydrogen-bond donors (Lipinski definition) is 3. The molecule has 0 spiro atoms. The van der Waals surface area contributed by atoms with Crippen LogP contribution in [0.25, 0.3) is 0 Å². The first kappa shape index (κ1) is 24.7. The number of guanidine groups is 1. The molecule has 0 saturated heterocycles. The highest BCUT2D eigenvalue weighted by Gasteiger charge is 2.05. The van der Waals surface area contributed by atoms with Gasteiger partial charge < -0.3 is 20.7 Å². The van der Waals surface area contributed by atoms with E-state index in [1.807, 2.05) is 38.1 Å². The average Bonchev–Trinajstić information content (AvgIpc) is 2.70. The van der Waals surface area contributed by atoms with Gasteiger partial charge in [0.15, 0.2) is 5.96 Å². The van der Waals surface area contributed by atoms with Crippen molar-refractivity contribution >= 4 is 35.8 Å². The Morgan fingerprint density at radius 2 is 1.72 bits per heavy atom. The number of nitrogens with zero attached hydrogens (tertiary/aromatic N) is 1. The Kier molecular flexibility index (Phi) is 11.1. The van der Waals surface area contributed by atoms with E-state index >= 15 is 0 Å². The third-order valence-electron chi connectivity index (χ3n) is 4.39. The maximum atomic E-state index is 12.1. The number of nitrogens with one attached hydrogen (secondary N) is 3. The van der Waals surface area contributed by atoms with Gasteiger partial charge in [0.05, 0.1) is 7.11 Å². The van der Waals surface area contributed by atoms with E-state index in [0.717, 1.165) is 29.8 Å². The molecule has 2 rings (SSSR count). The highest BCUT2D eigenvalue weighted by molar-refractivity contribution is 14.0. The van der Waals surface area contributed by atoms with Gasteiger partial charge in [-0.1, -0.05) is 29.8 Å². The van der Waals surface area contributed by atoms with Crippen LogP contribution in [0.1, 0.15) is 27.0 Å². The summed E-state index contributed by atoms with van der Waals surface area (Å²) in [5.74, 6) is 1.55. The summed E-state index contributed by atoms with van der Waals surface area (Å²) in [6.45, 7) is 5.87. The van der Waals surface area contributed by atoms with E-state index in [1.54, 1.807) is 14.2 Å². The molecule has 2 aromatic carbocycles. The molecule has 0 saturated carbocycles. The molecule has 0 aliphatic carbocycles. The third kappa shape index (κ3) is 8.31. The second-order valence-electron chi connectivity index (χ2n) is 6.61. The Balaban J connectivity index is 0.00000420. The lowest BCUT2D eigenvalue weighted by molar-refractivity contribution is 0.0954. The van der Waals surface area contributed by atoms with Crippen LogP contribution in [0.3, 0.4) is 0 Å². The molecule has 0 unspecified atom stereocenters. The second-order valence-corrected chi connectivity index (χ2v) is 6.61. The first-order chi connectivity index (χ1) is 13.5. The number of hydrogen-bond acceptors (Lipinski definition) is 3. The van der Waals surface area contributed by atoms with Crippen molar-refractivity contribution in [3.63, 3.8) is 0 Å². The van der Waals surface area contributed by atoms with Crippen LogP contribution in [0.2, 0.25) is 0 Å². The van der Waals surface area contributed by atoms with Crippen LogP contribution in [-0.4, -0.2) is 45.7 Å². The van der Waals surface area contributed by atoms with Crippen molar-refractivity contribution in [2.45, 2.75) is 20.3 Å². The molecule has 0 heterocycles. The van der Waals surface area contributed by atoms with Gasteiger partial charge in [-0.25, -0.2) is 0 Å². The predicted octanol–water partition coefficient (Wildman–Crippen LogP) is 3.07. The van der Waals surface area contributed by atoms with Crippen molar-refractivity contribution in [3.8, 4) is 5.75 Å². The topological polar surface area (TPSA) is 74.8 Å². The normalized spacial score (nSPS) is 10.7. The maximum Gasteiger partial charge on any atom is 0.251 e. The molecule has 0 aliphatic rings. The number of ether oxygens (including phenoxy) is 1. The van der Waals surface area contributed by atoms with Gasteiger partial charge in [0.1, 0.15) is 5.75 Å². The van der Waals surface area contributed by atoms with Crippen LogP contribution in [0.5, 0.6) is 5.75 Å². The third-order valence-corrected chi connectivity index (χ3v) is 4.39. The lowest BCUT2D eigenvalue weighted by atomic mass is 10.1. The average molecular weight is 510 g/mol. The maximum absolute atomic E-state index is 12.1. The largest absolute Gasteiger partial charge is 0.496 e. The molecule has 7 heteroatoms. The number of methoxy groups -OCH3 is 1. The summed E-state index contributed by atoms with van der Waals surface area (Å²) in [5, 5.41) is 9.40. The molecular weight excluding hydrogens is 479 g/mol. The van der Waals surface area contributed by atoms with Gasteiger partial charge in [0, 0.05) is 32.2 Å². The molecule has 0 atom stereocenters. The number of rotatable bonds is 8. The lowest BCUT2D eigenvalue weighted by Gasteiger charge is -2.13. The summed E-state index contributed by atoms with van der Waals surface area (Å²) >= 11 is 0. The monoisotopic (exact) mass is 510 g/mol. The Labute approximate surface area is 190 Å². The zero-order chi connectivity index (χ0) is 20.4. The van der Waals surface area contributed by atoms with Gasteiger partial charge in [-0.2, -0.15) is 0 Å². The van der Waals surface area contributed by atoms with Crippen LogP contribution < -0.4 is 20.7 Å². The fourth-order valence-electron chi connectivity index (χ4n) is 2.81. The quantitative estimate of drug-likeness (QED) is 0.221.